The van der Waals surface area contributed by atoms with Gasteiger partial charge in [-0.15, -0.1) is 11.3 Å². The highest BCUT2D eigenvalue weighted by Crippen LogP contribution is 2.19. The molecule has 0 atom stereocenters. The maximum Gasteiger partial charge on any atom is 0.256 e. The Morgan fingerprint density at radius 1 is 1.17 bits per heavy atom. The molecular formula is C15H10N6OS. The van der Waals surface area contributed by atoms with Gasteiger partial charge in [-0.05, 0) is 18.2 Å². The topological polar surface area (TPSA) is 85.6 Å². The normalized spacial score (nSPS) is 10.8. The summed E-state index contributed by atoms with van der Waals surface area (Å²) in [6, 6.07) is 7.08. The van der Waals surface area contributed by atoms with Gasteiger partial charge in [0.05, 0.1) is 15.7 Å². The van der Waals surface area contributed by atoms with Crippen molar-refractivity contribution in [3.63, 3.8) is 0 Å². The van der Waals surface area contributed by atoms with Gasteiger partial charge in [0.15, 0.2) is 0 Å². The molecule has 4 rings (SSSR count). The summed E-state index contributed by atoms with van der Waals surface area (Å²) in [5, 5.41) is 2.78. The average molecular weight is 322 g/mol. The second-order valence-electron chi connectivity index (χ2n) is 4.72. The van der Waals surface area contributed by atoms with E-state index in [-0.39, 0.29) is 5.91 Å². The lowest BCUT2D eigenvalue weighted by atomic mass is 10.2. The molecule has 0 radical (unpaired) electrons. The van der Waals surface area contributed by atoms with Gasteiger partial charge < -0.3 is 5.32 Å². The summed E-state index contributed by atoms with van der Waals surface area (Å²) in [7, 11) is 0. The number of nitrogens with zero attached hydrogens (tertiary/aromatic N) is 5. The van der Waals surface area contributed by atoms with Crippen LogP contribution in [0.4, 0.5) is 5.82 Å². The van der Waals surface area contributed by atoms with Gasteiger partial charge in [0, 0.05) is 24.0 Å². The third kappa shape index (κ3) is 2.67. The molecule has 0 fully saturated rings. The second-order valence-corrected chi connectivity index (χ2v) is 5.61. The van der Waals surface area contributed by atoms with Crippen molar-refractivity contribution in [3.8, 4) is 5.82 Å². The van der Waals surface area contributed by atoms with Gasteiger partial charge in [-0.2, -0.15) is 0 Å². The largest absolute Gasteiger partial charge is 0.306 e. The van der Waals surface area contributed by atoms with E-state index in [4.69, 9.17) is 0 Å². The number of nitrogens with one attached hydrogen (secondary N) is 1. The van der Waals surface area contributed by atoms with E-state index in [1.165, 1.54) is 17.7 Å². The number of thiazole rings is 1. The fourth-order valence-electron chi connectivity index (χ4n) is 2.14. The Kier molecular flexibility index (Phi) is 3.28. The Hall–Kier alpha value is -3.13. The zero-order valence-electron chi connectivity index (χ0n) is 11.7. The minimum Gasteiger partial charge on any atom is -0.306 e. The molecule has 1 amide bonds. The lowest BCUT2D eigenvalue weighted by Crippen LogP contribution is -2.13. The first-order valence-corrected chi connectivity index (χ1v) is 7.62. The number of amides is 1. The van der Waals surface area contributed by atoms with Crippen LogP contribution in [-0.2, 0) is 0 Å². The predicted octanol–water partition coefficient (Wildman–Crippen LogP) is 2.52. The maximum absolute atomic E-state index is 12.4. The number of fused-ring (bicyclic) bond motifs is 1. The zero-order valence-corrected chi connectivity index (χ0v) is 12.6. The van der Waals surface area contributed by atoms with Crippen LogP contribution in [0.5, 0.6) is 0 Å². The molecule has 0 saturated heterocycles. The maximum atomic E-state index is 12.4. The lowest BCUT2D eigenvalue weighted by Gasteiger charge is -2.06. The molecule has 0 aliphatic rings. The Balaban J connectivity index is 1.59. The fourth-order valence-corrected chi connectivity index (χ4v) is 2.85. The number of benzene rings is 1. The smallest absolute Gasteiger partial charge is 0.256 e. The molecule has 0 saturated carbocycles. The zero-order chi connectivity index (χ0) is 15.6. The highest BCUT2D eigenvalue weighted by atomic mass is 32.1. The predicted molar refractivity (Wildman–Crippen MR) is 86.7 cm³/mol. The summed E-state index contributed by atoms with van der Waals surface area (Å²) in [4.78, 5) is 28.8. The van der Waals surface area contributed by atoms with Crippen LogP contribution >= 0.6 is 11.3 Å². The Morgan fingerprint density at radius 3 is 3.00 bits per heavy atom. The number of imidazole rings is 1. The summed E-state index contributed by atoms with van der Waals surface area (Å²) in [5.74, 6) is 0.833. The molecule has 3 heterocycles. The number of carbonyl (C=O) groups excluding carboxylic acids is 1. The molecule has 112 valence electrons. The van der Waals surface area contributed by atoms with Crippen molar-refractivity contribution in [3.05, 3.63) is 60.4 Å². The van der Waals surface area contributed by atoms with Crippen LogP contribution in [0.2, 0.25) is 0 Å². The first kappa shape index (κ1) is 13.5. The number of anilines is 1. The molecule has 0 aliphatic carbocycles. The first-order valence-electron chi connectivity index (χ1n) is 6.74. The summed E-state index contributed by atoms with van der Waals surface area (Å²) in [6.45, 7) is 0. The molecule has 8 heteroatoms. The van der Waals surface area contributed by atoms with Gasteiger partial charge in [0.25, 0.3) is 5.91 Å². The van der Waals surface area contributed by atoms with Gasteiger partial charge in [-0.1, -0.05) is 0 Å². The van der Waals surface area contributed by atoms with Gasteiger partial charge in [0.2, 0.25) is 0 Å². The van der Waals surface area contributed by atoms with E-state index >= 15 is 0 Å². The molecule has 0 bridgehead atoms. The van der Waals surface area contributed by atoms with Crippen molar-refractivity contribution >= 4 is 33.3 Å². The van der Waals surface area contributed by atoms with Crippen LogP contribution in [0.1, 0.15) is 10.4 Å². The van der Waals surface area contributed by atoms with Crippen LogP contribution in [-0.4, -0.2) is 30.4 Å². The van der Waals surface area contributed by atoms with Crippen molar-refractivity contribution in [1.29, 1.82) is 0 Å². The summed E-state index contributed by atoms with van der Waals surface area (Å²) in [5.41, 5.74) is 3.20. The Bertz CT molecular complexity index is 978. The molecule has 0 unspecified atom stereocenters. The van der Waals surface area contributed by atoms with Crippen LogP contribution in [0.25, 0.3) is 16.0 Å². The Labute approximate surface area is 134 Å². The number of carbonyl (C=O) groups is 1. The van der Waals surface area contributed by atoms with Gasteiger partial charge in [0.1, 0.15) is 24.3 Å². The third-order valence-corrected chi connectivity index (χ3v) is 4.05. The number of aromatic nitrogens is 5. The number of hydrogen-bond donors (Lipinski definition) is 1. The van der Waals surface area contributed by atoms with E-state index in [9.17, 15) is 4.79 Å². The van der Waals surface area contributed by atoms with E-state index in [1.807, 2.05) is 12.1 Å². The van der Waals surface area contributed by atoms with Crippen molar-refractivity contribution in [1.82, 2.24) is 24.5 Å². The summed E-state index contributed by atoms with van der Waals surface area (Å²) < 4.78 is 2.71. The summed E-state index contributed by atoms with van der Waals surface area (Å²) in [6.07, 6.45) is 6.46. The summed E-state index contributed by atoms with van der Waals surface area (Å²) >= 11 is 1.50. The fraction of sp³-hybridized carbons (Fsp3) is 0. The van der Waals surface area contributed by atoms with Gasteiger partial charge in [-0.3, -0.25) is 9.36 Å². The molecular weight excluding hydrogens is 312 g/mol. The lowest BCUT2D eigenvalue weighted by molar-refractivity contribution is 0.102. The molecule has 0 aliphatic heterocycles. The second kappa shape index (κ2) is 5.58. The van der Waals surface area contributed by atoms with Crippen molar-refractivity contribution in [2.24, 2.45) is 0 Å². The van der Waals surface area contributed by atoms with Crippen molar-refractivity contribution < 1.29 is 4.79 Å². The highest BCUT2D eigenvalue weighted by molar-refractivity contribution is 7.16. The molecule has 1 N–H and O–H groups in total. The number of rotatable bonds is 3. The standard InChI is InChI=1S/C15H10N6OS/c22-15(10-1-2-11-12(5-10)23-9-19-11)20-13-6-14(18-7-17-13)21-4-3-16-8-21/h1-9H,(H,17,18,20,22). The molecule has 1 aromatic carbocycles. The van der Waals surface area contributed by atoms with Crippen LogP contribution in [0.3, 0.4) is 0 Å². The average Bonchev–Trinajstić information content (AvgIpc) is 3.26. The monoisotopic (exact) mass is 322 g/mol. The number of hydrogen-bond acceptors (Lipinski definition) is 6. The minimum absolute atomic E-state index is 0.226. The van der Waals surface area contributed by atoms with Crippen LogP contribution in [0, 0.1) is 0 Å². The van der Waals surface area contributed by atoms with Crippen LogP contribution < -0.4 is 5.32 Å². The minimum atomic E-state index is -0.226. The molecule has 4 aromatic rings. The molecule has 0 spiro atoms. The van der Waals surface area contributed by atoms with Crippen LogP contribution in [0.15, 0.2) is 54.8 Å². The van der Waals surface area contributed by atoms with E-state index in [1.54, 1.807) is 40.9 Å². The van der Waals surface area contributed by atoms with E-state index in [2.05, 4.69) is 25.3 Å². The molecule has 3 aromatic heterocycles. The van der Waals surface area contributed by atoms with E-state index < -0.39 is 0 Å². The van der Waals surface area contributed by atoms with Gasteiger partial charge >= 0.3 is 0 Å². The SMILES string of the molecule is O=C(Nc1cc(-n2ccnc2)ncn1)c1ccc2ncsc2c1. The first-order chi connectivity index (χ1) is 11.3. The third-order valence-electron chi connectivity index (χ3n) is 3.26. The van der Waals surface area contributed by atoms with E-state index in [0.29, 0.717) is 17.2 Å². The Morgan fingerprint density at radius 2 is 2.13 bits per heavy atom. The van der Waals surface area contributed by atoms with Crippen molar-refractivity contribution in [2.45, 2.75) is 0 Å². The molecule has 7 nitrogen and oxygen atoms in total. The van der Waals surface area contributed by atoms with Gasteiger partial charge in [-0.25, -0.2) is 19.9 Å². The molecule has 23 heavy (non-hydrogen) atoms. The highest BCUT2D eigenvalue weighted by Gasteiger charge is 2.09. The van der Waals surface area contributed by atoms with E-state index in [0.717, 1.165) is 10.2 Å². The quantitative estimate of drug-likeness (QED) is 0.626. The van der Waals surface area contributed by atoms with Crippen molar-refractivity contribution in [2.75, 3.05) is 5.32 Å².